The summed E-state index contributed by atoms with van der Waals surface area (Å²) in [5.74, 6) is 0. The average Bonchev–Trinajstić information content (AvgIpc) is 1.50. The molecule has 0 spiro atoms. The van der Waals surface area contributed by atoms with Gasteiger partial charge in [0.2, 0.25) is 0 Å². The van der Waals surface area contributed by atoms with Crippen molar-refractivity contribution in [1.29, 1.82) is 0 Å². The summed E-state index contributed by atoms with van der Waals surface area (Å²) >= 11 is 0.125. The number of hydrogen-bond acceptors (Lipinski definition) is 2. The van der Waals surface area contributed by atoms with E-state index in [4.69, 9.17) is 8.57 Å². The predicted molar refractivity (Wildman–Crippen MR) is 16.4 cm³/mol. The molecule has 0 aliphatic rings. The molecule has 0 aromatic heterocycles. The Balaban J connectivity index is 0. The molecule has 0 fully saturated rings. The van der Waals surface area contributed by atoms with Crippen molar-refractivity contribution in [3.8, 4) is 0 Å². The zero-order chi connectivity index (χ0) is 4.00. The topological polar surface area (TPSA) is 34.1 Å². The van der Waals surface area contributed by atoms with Gasteiger partial charge in [0.05, 0.1) is 0 Å². The van der Waals surface area contributed by atoms with Crippen LogP contribution in [0.4, 0.5) is 0 Å². The molecule has 0 aliphatic heterocycles. The van der Waals surface area contributed by atoms with E-state index in [9.17, 15) is 0 Å². The van der Waals surface area contributed by atoms with Gasteiger partial charge >= 0.3 is 20.2 Å². The SMILES string of the molecule is C=O.[O]=[GeH2]. The molecule has 0 aromatic rings. The molecule has 3 heteroatoms. The van der Waals surface area contributed by atoms with Crippen molar-refractivity contribution in [1.82, 2.24) is 0 Å². The second-order valence-electron chi connectivity index (χ2n) is 0. The Morgan fingerprint density at radius 2 is 1.25 bits per heavy atom. The van der Waals surface area contributed by atoms with E-state index in [0.29, 0.717) is 0 Å². The van der Waals surface area contributed by atoms with E-state index in [1.807, 2.05) is 6.79 Å². The van der Waals surface area contributed by atoms with Crippen LogP contribution in [0.5, 0.6) is 0 Å². The van der Waals surface area contributed by atoms with Gasteiger partial charge in [0.1, 0.15) is 6.79 Å². The van der Waals surface area contributed by atoms with Crippen LogP contribution in [0.1, 0.15) is 0 Å². The Morgan fingerprint density at radius 3 is 1.25 bits per heavy atom. The second kappa shape index (κ2) is 73800. The molecule has 2 nitrogen and oxygen atoms in total. The molecule has 0 N–H and O–H groups in total. The van der Waals surface area contributed by atoms with Gasteiger partial charge in [0.25, 0.3) is 0 Å². The zero-order valence-electron chi connectivity index (χ0n) is 2.23. The van der Waals surface area contributed by atoms with E-state index in [0.717, 1.165) is 0 Å². The van der Waals surface area contributed by atoms with Crippen LogP contribution in [-0.2, 0) is 8.57 Å². The molecule has 0 rings (SSSR count). The number of hydrogen-bond donors (Lipinski definition) is 0. The van der Waals surface area contributed by atoms with Crippen LogP contribution in [0.3, 0.4) is 0 Å². The Labute approximate surface area is 32.6 Å². The van der Waals surface area contributed by atoms with Gasteiger partial charge in [-0.3, -0.25) is 0 Å². The van der Waals surface area contributed by atoms with E-state index in [2.05, 4.69) is 0 Å². The van der Waals surface area contributed by atoms with Crippen LogP contribution in [0, 0.1) is 0 Å². The van der Waals surface area contributed by atoms with Gasteiger partial charge in [-0.25, -0.2) is 0 Å². The Morgan fingerprint density at radius 1 is 1.25 bits per heavy atom. The quantitative estimate of drug-likeness (QED) is 0.376. The molecule has 0 saturated carbocycles. The summed E-state index contributed by atoms with van der Waals surface area (Å²) in [6, 6.07) is 0. The molecule has 4 heavy (non-hydrogen) atoms. The van der Waals surface area contributed by atoms with Crippen LogP contribution in [0.15, 0.2) is 0 Å². The van der Waals surface area contributed by atoms with Crippen molar-refractivity contribution in [2.45, 2.75) is 0 Å². The first-order valence-corrected chi connectivity index (χ1v) is 1.79. The minimum absolute atomic E-state index is 0.125. The molecule has 0 amide bonds. The second-order valence-corrected chi connectivity index (χ2v) is 0. The van der Waals surface area contributed by atoms with Crippen molar-refractivity contribution in [3.63, 3.8) is 0 Å². The first-order chi connectivity index (χ1) is 2.00. The fourth-order valence-electron chi connectivity index (χ4n) is 0. The zero-order valence-corrected chi connectivity index (χ0v) is 5.20. The van der Waals surface area contributed by atoms with Crippen LogP contribution in [0.2, 0.25) is 0 Å². The van der Waals surface area contributed by atoms with Gasteiger partial charge in [-0.2, -0.15) is 0 Å². The van der Waals surface area contributed by atoms with Crippen LogP contribution < -0.4 is 0 Å². The summed E-state index contributed by atoms with van der Waals surface area (Å²) < 4.78 is 8.38. The van der Waals surface area contributed by atoms with Gasteiger partial charge in [-0.1, -0.05) is 0 Å². The van der Waals surface area contributed by atoms with E-state index >= 15 is 0 Å². The Bertz CT molecular complexity index is 8.00. The fourth-order valence-corrected chi connectivity index (χ4v) is 0. The molecule has 0 heterocycles. The van der Waals surface area contributed by atoms with Gasteiger partial charge in [-0.05, 0) is 0 Å². The maximum atomic E-state index is 8.38. The summed E-state index contributed by atoms with van der Waals surface area (Å²) in [5, 5.41) is 0. The Hall–Kier alpha value is 0.0129. The molecule has 0 saturated heterocycles. The summed E-state index contributed by atoms with van der Waals surface area (Å²) in [6.45, 7) is 2.00. The molecule has 0 atom stereocenters. The first-order valence-electron chi connectivity index (χ1n) is 0.577. The van der Waals surface area contributed by atoms with E-state index in [1.165, 1.54) is 0 Å². The van der Waals surface area contributed by atoms with Crippen molar-refractivity contribution >= 4 is 23.2 Å². The molecule has 0 radical (unpaired) electrons. The van der Waals surface area contributed by atoms with Crippen LogP contribution >= 0.6 is 0 Å². The van der Waals surface area contributed by atoms with Crippen molar-refractivity contribution < 1.29 is 8.57 Å². The molecule has 24 valence electrons. The third-order valence-electron chi connectivity index (χ3n) is 0. The number of carbonyl (C=O) groups excluding carboxylic acids is 1. The van der Waals surface area contributed by atoms with Gasteiger partial charge in [-0.15, -0.1) is 0 Å². The van der Waals surface area contributed by atoms with E-state index in [1.54, 1.807) is 0 Å². The maximum absolute atomic E-state index is 8.38. The summed E-state index contributed by atoms with van der Waals surface area (Å²) in [4.78, 5) is 8.00. The van der Waals surface area contributed by atoms with Crippen LogP contribution in [-0.4, -0.2) is 23.2 Å². The van der Waals surface area contributed by atoms with Gasteiger partial charge < -0.3 is 4.79 Å². The van der Waals surface area contributed by atoms with Gasteiger partial charge in [0.15, 0.2) is 0 Å². The first kappa shape index (κ1) is 8.99. The summed E-state index contributed by atoms with van der Waals surface area (Å²) in [6.07, 6.45) is 0. The molecule has 0 bridgehead atoms. The predicted octanol–water partition coefficient (Wildman–Crippen LogP) is -1.22. The molecular weight excluding hydrogens is 117 g/mol. The average molecular weight is 121 g/mol. The third-order valence-corrected chi connectivity index (χ3v) is 0. The summed E-state index contributed by atoms with van der Waals surface area (Å²) in [7, 11) is 0. The van der Waals surface area contributed by atoms with Crippen molar-refractivity contribution in [2.75, 3.05) is 0 Å². The monoisotopic (exact) mass is 122 g/mol. The summed E-state index contributed by atoms with van der Waals surface area (Å²) in [5.41, 5.74) is 0. The normalized spacial score (nSPS) is 2.00. The molecule has 0 unspecified atom stereocenters. The molecule has 0 aromatic carbocycles. The number of rotatable bonds is 0. The van der Waals surface area contributed by atoms with Crippen molar-refractivity contribution in [3.05, 3.63) is 0 Å². The third kappa shape index (κ3) is 12500. The van der Waals surface area contributed by atoms with E-state index < -0.39 is 0 Å². The van der Waals surface area contributed by atoms with E-state index in [-0.39, 0.29) is 16.5 Å². The Kier molecular flexibility index (Phi) is 166000. The fraction of sp³-hybridized carbons (Fsp3) is 0. The van der Waals surface area contributed by atoms with Crippen LogP contribution in [0.25, 0.3) is 0 Å². The molecular formula is CH4GeO2. The number of carbonyl (C=O) groups is 1. The van der Waals surface area contributed by atoms with Crippen molar-refractivity contribution in [2.24, 2.45) is 0 Å². The van der Waals surface area contributed by atoms with Gasteiger partial charge in [0, 0.05) is 0 Å². The standard InChI is InChI=1S/CH2O.GeH2O/c2*1-2/h2*1H2. The minimum atomic E-state index is 0.125. The molecule has 0 aliphatic carbocycles.